The summed E-state index contributed by atoms with van der Waals surface area (Å²) in [5.41, 5.74) is 11.0. The van der Waals surface area contributed by atoms with Gasteiger partial charge in [0.15, 0.2) is 11.0 Å². The molecule has 0 aliphatic heterocycles. The first-order chi connectivity index (χ1) is 23.1. The molecule has 48 heavy (non-hydrogen) atoms. The Labute approximate surface area is 282 Å². The third-order valence-electron chi connectivity index (χ3n) is 8.39. The molecule has 0 bridgehead atoms. The van der Waals surface area contributed by atoms with Gasteiger partial charge in [0.2, 0.25) is 0 Å². The molecule has 1 aromatic heterocycles. The van der Waals surface area contributed by atoms with Crippen LogP contribution in [0.15, 0.2) is 96.2 Å². The van der Waals surface area contributed by atoms with Crippen molar-refractivity contribution in [3.8, 4) is 39.7 Å². The van der Waals surface area contributed by atoms with E-state index in [2.05, 4.69) is 44.8 Å². The Balaban J connectivity index is 0.000000689. The topological polar surface area (TPSA) is 103 Å². The quantitative estimate of drug-likeness (QED) is 0.0826. The second kappa shape index (κ2) is 15.1. The zero-order valence-electron chi connectivity index (χ0n) is 26.7. The highest BCUT2D eigenvalue weighted by Gasteiger charge is 2.42. The van der Waals surface area contributed by atoms with Gasteiger partial charge in [-0.1, -0.05) is 73.1 Å². The molecule has 0 atom stereocenters. The van der Waals surface area contributed by atoms with Crippen LogP contribution in [0.25, 0.3) is 28.2 Å². The Kier molecular flexibility index (Phi) is 10.9. The van der Waals surface area contributed by atoms with Crippen LogP contribution >= 0.6 is 11.8 Å². The lowest BCUT2D eigenvalue weighted by molar-refractivity contribution is -0.118. The smallest absolute Gasteiger partial charge is 0.400 e. The minimum atomic E-state index is -4.18. The maximum Gasteiger partial charge on any atom is 0.400 e. The molecule has 0 saturated carbocycles. The van der Waals surface area contributed by atoms with Crippen molar-refractivity contribution in [1.82, 2.24) is 14.8 Å². The third-order valence-corrected chi connectivity index (χ3v) is 9.40. The van der Waals surface area contributed by atoms with E-state index in [4.69, 9.17) is 4.74 Å². The van der Waals surface area contributed by atoms with Gasteiger partial charge >= 0.3 is 6.18 Å². The van der Waals surface area contributed by atoms with Crippen molar-refractivity contribution in [2.75, 3.05) is 19.4 Å². The number of phenols is 1. The highest BCUT2D eigenvalue weighted by Crippen LogP contribution is 2.50. The van der Waals surface area contributed by atoms with Crippen LogP contribution in [0.4, 0.5) is 13.2 Å². The second-order valence-corrected chi connectivity index (χ2v) is 12.6. The molecular weight excluding hydrogens is 637 g/mol. The van der Waals surface area contributed by atoms with E-state index in [0.717, 1.165) is 82.4 Å². The summed E-state index contributed by atoms with van der Waals surface area (Å²) in [6, 6.07) is 29.8. The van der Waals surface area contributed by atoms with Crippen LogP contribution < -0.4 is 10.5 Å². The number of nitrogens with two attached hydrogens (primary N) is 1. The zero-order chi connectivity index (χ0) is 34.3. The van der Waals surface area contributed by atoms with E-state index < -0.39 is 18.1 Å². The van der Waals surface area contributed by atoms with Crippen molar-refractivity contribution >= 4 is 18.0 Å². The monoisotopic (exact) mass is 674 g/mol. The van der Waals surface area contributed by atoms with E-state index in [1.807, 2.05) is 61.5 Å². The number of fused-ring (bicyclic) bond motifs is 3. The number of unbranched alkanes of at least 4 members (excludes halogenated alkanes) is 2. The largest absolute Gasteiger partial charge is 0.508 e. The molecule has 0 saturated heterocycles. The highest BCUT2D eigenvalue weighted by atomic mass is 32.2. The number of ether oxygens (including phenoxy) is 1. The molecular formula is C37H37F3N4O3S. The highest BCUT2D eigenvalue weighted by molar-refractivity contribution is 7.99. The zero-order valence-corrected chi connectivity index (χ0v) is 27.5. The van der Waals surface area contributed by atoms with Gasteiger partial charge in [0.25, 0.3) is 0 Å². The number of methoxy groups -OCH3 is 1. The van der Waals surface area contributed by atoms with Gasteiger partial charge in [-0.3, -0.25) is 4.57 Å². The first-order valence-electron chi connectivity index (χ1n) is 15.6. The van der Waals surface area contributed by atoms with Crippen LogP contribution in [-0.2, 0) is 10.2 Å². The third kappa shape index (κ3) is 7.42. The summed E-state index contributed by atoms with van der Waals surface area (Å²) in [5, 5.41) is 19.9. The molecule has 1 aliphatic rings. The maximum atomic E-state index is 12.7. The van der Waals surface area contributed by atoms with Gasteiger partial charge in [-0.05, 0) is 90.0 Å². The molecule has 5 aromatic rings. The number of aromatic hydroxyl groups is 1. The normalized spacial score (nSPS) is 12.9. The van der Waals surface area contributed by atoms with Crippen LogP contribution in [0, 0.1) is 6.92 Å². The number of nitrogens with zero attached hydrogens (tertiary/aromatic N) is 3. The molecule has 0 spiro atoms. The summed E-state index contributed by atoms with van der Waals surface area (Å²) >= 11 is 1.68. The summed E-state index contributed by atoms with van der Waals surface area (Å²) < 4.78 is 39.4. The number of alkyl halides is 3. The number of hydrogen-bond acceptors (Lipinski definition) is 7. The van der Waals surface area contributed by atoms with Gasteiger partial charge in [0.05, 0.1) is 24.8 Å². The van der Waals surface area contributed by atoms with Gasteiger partial charge < -0.3 is 20.4 Å². The van der Waals surface area contributed by atoms with E-state index in [0.29, 0.717) is 0 Å². The minimum absolute atomic E-state index is 0.227. The lowest BCUT2D eigenvalue weighted by Crippen LogP contribution is -2.27. The van der Waals surface area contributed by atoms with Gasteiger partial charge in [0, 0.05) is 11.3 Å². The lowest BCUT2D eigenvalue weighted by Gasteiger charge is -2.25. The van der Waals surface area contributed by atoms with Gasteiger partial charge in [-0.15, -0.1) is 10.2 Å². The number of thioether (sulfide) groups is 1. The molecule has 6 rings (SSSR count). The van der Waals surface area contributed by atoms with Crippen molar-refractivity contribution in [1.29, 1.82) is 0 Å². The van der Waals surface area contributed by atoms with Gasteiger partial charge in [-0.25, -0.2) is 0 Å². The second-order valence-electron chi connectivity index (χ2n) is 11.5. The fraction of sp³-hybridized carbons (Fsp3) is 0.270. The average molecular weight is 675 g/mol. The molecule has 250 valence electrons. The summed E-state index contributed by atoms with van der Waals surface area (Å²) in [6.45, 7) is 0.747. The van der Waals surface area contributed by atoms with Crippen molar-refractivity contribution in [3.63, 3.8) is 0 Å². The number of hydrogen-bond donors (Lipinski definition) is 2. The Bertz CT molecular complexity index is 1810. The molecule has 0 unspecified atom stereocenters. The molecule has 1 aliphatic carbocycles. The van der Waals surface area contributed by atoms with Crippen molar-refractivity contribution < 1.29 is 27.8 Å². The number of aryl methyl sites for hydroxylation is 1. The van der Waals surface area contributed by atoms with Gasteiger partial charge in [0.1, 0.15) is 17.8 Å². The number of benzene rings is 4. The summed E-state index contributed by atoms with van der Waals surface area (Å²) in [6.07, 6.45) is 0.713. The van der Waals surface area contributed by atoms with E-state index in [9.17, 15) is 23.1 Å². The lowest BCUT2D eigenvalue weighted by atomic mass is 9.75. The fourth-order valence-corrected chi connectivity index (χ4v) is 7.00. The van der Waals surface area contributed by atoms with Crippen LogP contribution in [0.3, 0.4) is 0 Å². The molecule has 0 fully saturated rings. The number of aldehydes is 1. The van der Waals surface area contributed by atoms with E-state index in [1.54, 1.807) is 31.0 Å². The summed E-state index contributed by atoms with van der Waals surface area (Å²) in [4.78, 5) is 12.7. The van der Waals surface area contributed by atoms with Crippen LogP contribution in [0.1, 0.15) is 42.4 Å². The number of halogens is 3. The van der Waals surface area contributed by atoms with Crippen LogP contribution in [-0.4, -0.2) is 51.7 Å². The molecule has 0 amide bonds. The minimum Gasteiger partial charge on any atom is -0.508 e. The molecule has 7 nitrogen and oxygen atoms in total. The number of phenolic OH excluding ortho intramolecular Hbond substituents is 1. The fourth-order valence-electron chi connectivity index (χ4n) is 6.06. The Morgan fingerprint density at radius 1 is 0.917 bits per heavy atom. The maximum absolute atomic E-state index is 12.7. The predicted octanol–water partition coefficient (Wildman–Crippen LogP) is 8.28. The molecule has 0 radical (unpaired) electrons. The Morgan fingerprint density at radius 3 is 2.10 bits per heavy atom. The number of rotatable bonds is 11. The molecule has 11 heteroatoms. The molecule has 4 aromatic carbocycles. The van der Waals surface area contributed by atoms with Crippen molar-refractivity contribution in [3.05, 3.63) is 108 Å². The molecule has 3 N–H and O–H groups in total. The Morgan fingerprint density at radius 2 is 1.54 bits per heavy atom. The SMILES string of the molecule is COc1ccc(-c2nnc(SCCCCCC3(C=O)c4ccccc4-c4ccccc43)n2-c2ccc(O)cc2C)cc1.NCC(F)(F)F. The van der Waals surface area contributed by atoms with E-state index >= 15 is 0 Å². The standard InChI is InChI=1S/C35H33N3O3S.C2H4F3N/c1-24-22-26(40)16-19-32(24)38-33(25-14-17-27(41-2)18-15-25)36-37-34(38)42-21-9-3-8-20-35(23-39)30-12-6-4-10-28(30)29-11-5-7-13-31(29)35;3-2(4,5)1-6/h4-7,10-19,22-23,40H,3,8-9,20-21H2,1-2H3;1,6H2. The summed E-state index contributed by atoms with van der Waals surface area (Å²) in [5.74, 6) is 2.62. The van der Waals surface area contributed by atoms with E-state index in [-0.39, 0.29) is 5.75 Å². The first-order valence-corrected chi connectivity index (χ1v) is 16.6. The molecule has 1 heterocycles. The number of aromatic nitrogens is 3. The van der Waals surface area contributed by atoms with E-state index in [1.165, 1.54) is 11.1 Å². The van der Waals surface area contributed by atoms with Crippen LogP contribution in [0.5, 0.6) is 11.5 Å². The van der Waals surface area contributed by atoms with Gasteiger partial charge in [-0.2, -0.15) is 13.2 Å². The Hall–Kier alpha value is -4.61. The number of carbonyl (C=O) groups excluding carboxylic acids is 1. The van der Waals surface area contributed by atoms with Crippen LogP contribution in [0.2, 0.25) is 0 Å². The van der Waals surface area contributed by atoms with Crippen molar-refractivity contribution in [2.24, 2.45) is 5.73 Å². The first kappa shape index (κ1) is 34.7. The van der Waals surface area contributed by atoms with Crippen molar-refractivity contribution in [2.45, 2.75) is 49.4 Å². The summed E-state index contributed by atoms with van der Waals surface area (Å²) in [7, 11) is 1.65. The average Bonchev–Trinajstić information content (AvgIpc) is 3.63. The predicted molar refractivity (Wildman–Crippen MR) is 183 cm³/mol. The number of carbonyl (C=O) groups is 1.